The third-order valence-corrected chi connectivity index (χ3v) is 5.87. The molecule has 0 atom stereocenters. The van der Waals surface area contributed by atoms with Crippen LogP contribution in [0.2, 0.25) is 0 Å². The van der Waals surface area contributed by atoms with E-state index in [4.69, 9.17) is 9.47 Å². The Labute approximate surface area is 191 Å². The summed E-state index contributed by atoms with van der Waals surface area (Å²) < 4.78 is 13.4. The van der Waals surface area contributed by atoms with E-state index in [2.05, 4.69) is 16.5 Å². The molecular formula is C24H27N3O4S. The van der Waals surface area contributed by atoms with Gasteiger partial charge in [0.15, 0.2) is 5.69 Å². The second-order valence-electron chi connectivity index (χ2n) is 8.67. The van der Waals surface area contributed by atoms with Gasteiger partial charge in [-0.3, -0.25) is 4.79 Å². The molecule has 0 radical (unpaired) electrons. The van der Waals surface area contributed by atoms with E-state index in [1.54, 1.807) is 37.0 Å². The topological polar surface area (TPSA) is 85.6 Å². The lowest BCUT2D eigenvalue weighted by Gasteiger charge is -2.24. The van der Waals surface area contributed by atoms with Crippen LogP contribution in [-0.4, -0.2) is 40.0 Å². The smallest absolute Gasteiger partial charge is 0.272 e. The molecule has 0 fully saturated rings. The maximum atomic E-state index is 13.1. The monoisotopic (exact) mass is 453 g/mol. The number of methoxy groups -OCH3 is 1. The summed E-state index contributed by atoms with van der Waals surface area (Å²) in [4.78, 5) is 13.1. The Morgan fingerprint density at radius 2 is 2.19 bits per heavy atom. The molecule has 7 nitrogen and oxygen atoms in total. The molecule has 0 saturated heterocycles. The van der Waals surface area contributed by atoms with Gasteiger partial charge in [-0.15, -0.1) is 0 Å². The highest BCUT2D eigenvalue weighted by Crippen LogP contribution is 2.44. The zero-order chi connectivity index (χ0) is 23.0. The van der Waals surface area contributed by atoms with E-state index in [0.29, 0.717) is 11.3 Å². The summed E-state index contributed by atoms with van der Waals surface area (Å²) in [6.07, 6.45) is 2.05. The van der Waals surface area contributed by atoms with Crippen molar-refractivity contribution in [1.82, 2.24) is 15.1 Å². The van der Waals surface area contributed by atoms with Crippen LogP contribution in [0.25, 0.3) is 23.0 Å². The fourth-order valence-electron chi connectivity index (χ4n) is 3.65. The van der Waals surface area contributed by atoms with Gasteiger partial charge >= 0.3 is 0 Å². The number of thiophene rings is 1. The van der Waals surface area contributed by atoms with Crippen molar-refractivity contribution < 1.29 is 19.4 Å². The highest BCUT2D eigenvalue weighted by Gasteiger charge is 2.32. The SMILES string of the molecule is COc1cc2c(cc1C=C(C)C)-c1c(c(C(=O)NC(C)(C)CO)nn1-c1ccsc1)CO2. The molecule has 3 heterocycles. The number of carbonyl (C=O) groups is 1. The fraction of sp³-hybridized carbons (Fsp3) is 0.333. The standard InChI is InChI=1S/C24H27N3O4S/c1-14(2)8-15-9-17-20(10-19(15)30-5)31-11-18-21(23(29)25-24(3,4)13-28)26-27(22(17)18)16-6-7-32-12-16/h6-10,12,28H,11,13H2,1-5H3,(H,25,29). The van der Waals surface area contributed by atoms with E-state index in [0.717, 1.165) is 33.8 Å². The van der Waals surface area contributed by atoms with Crippen molar-refractivity contribution in [3.8, 4) is 28.4 Å². The van der Waals surface area contributed by atoms with Crippen LogP contribution < -0.4 is 14.8 Å². The van der Waals surface area contributed by atoms with Crippen LogP contribution in [0.1, 0.15) is 49.3 Å². The zero-order valence-electron chi connectivity index (χ0n) is 18.9. The molecule has 1 aliphatic heterocycles. The molecule has 32 heavy (non-hydrogen) atoms. The van der Waals surface area contributed by atoms with Crippen LogP contribution in [0, 0.1) is 0 Å². The molecule has 2 N–H and O–H groups in total. The minimum atomic E-state index is -0.770. The number of aliphatic hydroxyl groups excluding tert-OH is 1. The zero-order valence-corrected chi connectivity index (χ0v) is 19.7. The number of aromatic nitrogens is 2. The van der Waals surface area contributed by atoms with Crippen molar-refractivity contribution in [1.29, 1.82) is 0 Å². The summed E-state index contributed by atoms with van der Waals surface area (Å²) in [6.45, 7) is 7.61. The highest BCUT2D eigenvalue weighted by atomic mass is 32.1. The number of carbonyl (C=O) groups excluding carboxylic acids is 1. The molecule has 1 amide bonds. The van der Waals surface area contributed by atoms with Gasteiger partial charge in [-0.05, 0) is 45.2 Å². The van der Waals surface area contributed by atoms with Crippen LogP contribution in [0.3, 0.4) is 0 Å². The van der Waals surface area contributed by atoms with Gasteiger partial charge in [0.25, 0.3) is 5.91 Å². The first-order chi connectivity index (χ1) is 15.2. The predicted molar refractivity (Wildman–Crippen MR) is 126 cm³/mol. The summed E-state index contributed by atoms with van der Waals surface area (Å²) in [5.74, 6) is 1.05. The van der Waals surface area contributed by atoms with Gasteiger partial charge in [-0.2, -0.15) is 16.4 Å². The number of nitrogens with zero attached hydrogens (tertiary/aromatic N) is 2. The number of amides is 1. The molecule has 0 spiro atoms. The highest BCUT2D eigenvalue weighted by molar-refractivity contribution is 7.08. The molecule has 1 aromatic carbocycles. The first-order valence-electron chi connectivity index (χ1n) is 10.3. The number of aliphatic hydroxyl groups is 1. The van der Waals surface area contributed by atoms with Crippen molar-refractivity contribution in [3.05, 3.63) is 51.4 Å². The lowest BCUT2D eigenvalue weighted by Crippen LogP contribution is -2.46. The third kappa shape index (κ3) is 4.03. The van der Waals surface area contributed by atoms with Crippen molar-refractivity contribution >= 4 is 23.3 Å². The average molecular weight is 454 g/mol. The molecule has 4 rings (SSSR count). The summed E-state index contributed by atoms with van der Waals surface area (Å²) in [5, 5.41) is 21.1. The number of nitrogens with one attached hydrogen (secondary N) is 1. The van der Waals surface area contributed by atoms with E-state index in [1.165, 1.54) is 0 Å². The number of benzene rings is 1. The summed E-state index contributed by atoms with van der Waals surface area (Å²) in [7, 11) is 1.64. The predicted octanol–water partition coefficient (Wildman–Crippen LogP) is 4.43. The number of hydrogen-bond donors (Lipinski definition) is 2. The molecule has 2 aromatic heterocycles. The summed E-state index contributed by atoms with van der Waals surface area (Å²) in [6, 6.07) is 5.86. The van der Waals surface area contributed by atoms with Crippen molar-refractivity contribution in [2.75, 3.05) is 13.7 Å². The van der Waals surface area contributed by atoms with Crippen molar-refractivity contribution in [2.24, 2.45) is 0 Å². The molecule has 0 saturated carbocycles. The number of hydrogen-bond acceptors (Lipinski definition) is 6. The van der Waals surface area contributed by atoms with Gasteiger partial charge in [0.05, 0.1) is 30.6 Å². The lowest BCUT2D eigenvalue weighted by molar-refractivity contribution is 0.0861. The molecule has 8 heteroatoms. The third-order valence-electron chi connectivity index (χ3n) is 5.20. The van der Waals surface area contributed by atoms with E-state index in [1.807, 2.05) is 42.8 Å². The van der Waals surface area contributed by atoms with Crippen LogP contribution in [-0.2, 0) is 6.61 Å². The minimum absolute atomic E-state index is 0.183. The minimum Gasteiger partial charge on any atom is -0.496 e. The van der Waals surface area contributed by atoms with E-state index in [-0.39, 0.29) is 24.8 Å². The number of rotatable bonds is 6. The Hall–Kier alpha value is -3.10. The van der Waals surface area contributed by atoms with Crippen LogP contribution in [0.4, 0.5) is 0 Å². The second-order valence-corrected chi connectivity index (χ2v) is 9.45. The molecule has 0 bridgehead atoms. The van der Waals surface area contributed by atoms with Crippen LogP contribution >= 0.6 is 11.3 Å². The Kier molecular flexibility index (Phi) is 5.83. The fourth-order valence-corrected chi connectivity index (χ4v) is 4.26. The normalized spacial score (nSPS) is 12.4. The maximum absolute atomic E-state index is 13.1. The lowest BCUT2D eigenvalue weighted by atomic mass is 9.98. The first kappa shape index (κ1) is 22.1. The molecule has 168 valence electrons. The summed E-state index contributed by atoms with van der Waals surface area (Å²) in [5.41, 5.74) is 4.83. The van der Waals surface area contributed by atoms with Gasteiger partial charge < -0.3 is 19.9 Å². The molecule has 1 aliphatic rings. The number of fused-ring (bicyclic) bond motifs is 3. The van der Waals surface area contributed by atoms with Gasteiger partial charge in [-0.1, -0.05) is 11.6 Å². The molecular weight excluding hydrogens is 426 g/mol. The Bertz CT molecular complexity index is 1190. The van der Waals surface area contributed by atoms with Crippen molar-refractivity contribution in [3.63, 3.8) is 0 Å². The van der Waals surface area contributed by atoms with Gasteiger partial charge in [0.1, 0.15) is 18.1 Å². The molecule has 0 aliphatic carbocycles. The first-order valence-corrected chi connectivity index (χ1v) is 11.3. The summed E-state index contributed by atoms with van der Waals surface area (Å²) >= 11 is 1.56. The van der Waals surface area contributed by atoms with Gasteiger partial charge in [0, 0.05) is 28.1 Å². The number of ether oxygens (including phenoxy) is 2. The average Bonchev–Trinajstić information content (AvgIpc) is 3.40. The Morgan fingerprint density at radius 3 is 2.81 bits per heavy atom. The largest absolute Gasteiger partial charge is 0.496 e. The van der Waals surface area contributed by atoms with E-state index < -0.39 is 5.54 Å². The second kappa shape index (κ2) is 8.44. The van der Waals surface area contributed by atoms with Crippen molar-refractivity contribution in [2.45, 2.75) is 39.8 Å². The number of allylic oxidation sites excluding steroid dienone is 1. The van der Waals surface area contributed by atoms with Crippen LogP contribution in [0.5, 0.6) is 11.5 Å². The Morgan fingerprint density at radius 1 is 1.41 bits per heavy atom. The van der Waals surface area contributed by atoms with Crippen LogP contribution in [0.15, 0.2) is 34.5 Å². The van der Waals surface area contributed by atoms with Gasteiger partial charge in [-0.25, -0.2) is 4.68 Å². The molecule has 3 aromatic rings. The quantitative estimate of drug-likeness (QED) is 0.577. The maximum Gasteiger partial charge on any atom is 0.272 e. The molecule has 0 unspecified atom stereocenters. The van der Waals surface area contributed by atoms with E-state index in [9.17, 15) is 9.90 Å². The van der Waals surface area contributed by atoms with E-state index >= 15 is 0 Å². The Balaban J connectivity index is 1.93. The van der Waals surface area contributed by atoms with Gasteiger partial charge in [0.2, 0.25) is 0 Å².